The number of carbonyl (C=O) groups is 2. The first-order chi connectivity index (χ1) is 13.0. The Morgan fingerprint density at radius 3 is 2.70 bits per heavy atom. The molecule has 1 amide bonds. The van der Waals surface area contributed by atoms with Crippen molar-refractivity contribution in [1.29, 1.82) is 0 Å². The number of aromatic nitrogens is 1. The van der Waals surface area contributed by atoms with Crippen LogP contribution in [0.15, 0.2) is 35.7 Å². The molecule has 0 saturated heterocycles. The molecule has 1 aromatic carbocycles. The molecule has 0 spiro atoms. The number of methoxy groups -OCH3 is 1. The van der Waals surface area contributed by atoms with Crippen LogP contribution in [0, 0.1) is 12.7 Å². The molecule has 0 fully saturated rings. The summed E-state index contributed by atoms with van der Waals surface area (Å²) in [6.45, 7) is 1.93. The predicted molar refractivity (Wildman–Crippen MR) is 105 cm³/mol. The van der Waals surface area contributed by atoms with Gasteiger partial charge in [0.1, 0.15) is 0 Å². The molecular formula is C19H17FN2O3S2. The van der Waals surface area contributed by atoms with E-state index in [1.165, 1.54) is 41.9 Å². The van der Waals surface area contributed by atoms with Gasteiger partial charge in [0, 0.05) is 28.7 Å². The average Bonchev–Trinajstić information content (AvgIpc) is 3.29. The summed E-state index contributed by atoms with van der Waals surface area (Å²) in [6, 6.07) is 8.23. The molecule has 0 radical (unpaired) electrons. The molecule has 2 heterocycles. The van der Waals surface area contributed by atoms with Crippen LogP contribution in [-0.2, 0) is 4.79 Å². The maximum absolute atomic E-state index is 13.8. The van der Waals surface area contributed by atoms with E-state index in [2.05, 4.69) is 10.3 Å². The van der Waals surface area contributed by atoms with Crippen molar-refractivity contribution in [3.8, 4) is 17.0 Å². The summed E-state index contributed by atoms with van der Waals surface area (Å²) in [5.41, 5.74) is 1.15. The molecule has 5 nitrogen and oxygen atoms in total. The predicted octanol–water partition coefficient (Wildman–Crippen LogP) is 4.93. The zero-order valence-electron chi connectivity index (χ0n) is 14.7. The molecule has 0 aliphatic carbocycles. The van der Waals surface area contributed by atoms with Gasteiger partial charge in [0.2, 0.25) is 5.91 Å². The first-order valence-corrected chi connectivity index (χ1v) is 9.85. The number of nitrogens with one attached hydrogen (secondary N) is 1. The number of ketones is 1. The Hall–Kier alpha value is -2.58. The van der Waals surface area contributed by atoms with Gasteiger partial charge in [-0.25, -0.2) is 9.37 Å². The SMILES string of the molecule is COc1ccc(-c2csc(NC(=O)CCC(=O)c3ccc(C)s3)n2)cc1F. The van der Waals surface area contributed by atoms with Gasteiger partial charge < -0.3 is 10.1 Å². The van der Waals surface area contributed by atoms with Gasteiger partial charge in [0.15, 0.2) is 22.5 Å². The molecule has 8 heteroatoms. The zero-order valence-corrected chi connectivity index (χ0v) is 16.4. The minimum Gasteiger partial charge on any atom is -0.494 e. The number of aryl methyl sites for hydroxylation is 1. The molecular weight excluding hydrogens is 387 g/mol. The van der Waals surface area contributed by atoms with E-state index >= 15 is 0 Å². The molecule has 140 valence electrons. The number of benzene rings is 1. The summed E-state index contributed by atoms with van der Waals surface area (Å²) < 4.78 is 18.7. The molecule has 2 aromatic heterocycles. The number of halogens is 1. The van der Waals surface area contributed by atoms with Crippen LogP contribution in [0.1, 0.15) is 27.4 Å². The van der Waals surface area contributed by atoms with E-state index in [9.17, 15) is 14.0 Å². The first-order valence-electron chi connectivity index (χ1n) is 8.15. The Bertz CT molecular complexity index is 981. The summed E-state index contributed by atoms with van der Waals surface area (Å²) in [4.78, 5) is 30.2. The van der Waals surface area contributed by atoms with Gasteiger partial charge in [-0.2, -0.15) is 0 Å². The van der Waals surface area contributed by atoms with Crippen molar-refractivity contribution < 1.29 is 18.7 Å². The molecule has 0 unspecified atom stereocenters. The number of hydrogen-bond acceptors (Lipinski definition) is 6. The fourth-order valence-electron chi connectivity index (χ4n) is 2.41. The summed E-state index contributed by atoms with van der Waals surface area (Å²) >= 11 is 2.67. The largest absolute Gasteiger partial charge is 0.494 e. The van der Waals surface area contributed by atoms with Crippen LogP contribution in [-0.4, -0.2) is 23.8 Å². The lowest BCUT2D eigenvalue weighted by molar-refractivity contribution is -0.116. The van der Waals surface area contributed by atoms with Gasteiger partial charge in [0.25, 0.3) is 0 Å². The molecule has 1 N–H and O–H groups in total. The quantitative estimate of drug-likeness (QED) is 0.567. The van der Waals surface area contributed by atoms with Crippen molar-refractivity contribution in [1.82, 2.24) is 4.98 Å². The lowest BCUT2D eigenvalue weighted by atomic mass is 10.1. The van der Waals surface area contributed by atoms with Crippen molar-refractivity contribution in [3.63, 3.8) is 0 Å². The van der Waals surface area contributed by atoms with Crippen molar-refractivity contribution in [2.24, 2.45) is 0 Å². The highest BCUT2D eigenvalue weighted by molar-refractivity contribution is 7.14. The zero-order chi connectivity index (χ0) is 19.4. The summed E-state index contributed by atoms with van der Waals surface area (Å²) in [5.74, 6) is -0.640. The molecule has 0 aliphatic heterocycles. The van der Waals surface area contributed by atoms with Crippen LogP contribution in [0.4, 0.5) is 9.52 Å². The third-order valence-electron chi connectivity index (χ3n) is 3.79. The second kappa shape index (κ2) is 8.41. The number of nitrogens with zero attached hydrogens (tertiary/aromatic N) is 1. The standard InChI is InChI=1S/C19H17FN2O3S2/c1-11-3-7-17(27-11)15(23)5-8-18(24)22-19-21-14(10-26-19)12-4-6-16(25-2)13(20)9-12/h3-4,6-7,9-10H,5,8H2,1-2H3,(H,21,22,24). The van der Waals surface area contributed by atoms with Gasteiger partial charge in [-0.05, 0) is 37.3 Å². The maximum atomic E-state index is 13.8. The number of ether oxygens (including phenoxy) is 1. The lowest BCUT2D eigenvalue weighted by Gasteiger charge is -2.03. The Kier molecular flexibility index (Phi) is 5.98. The van der Waals surface area contributed by atoms with E-state index in [4.69, 9.17) is 4.74 Å². The molecule has 0 saturated carbocycles. The smallest absolute Gasteiger partial charge is 0.226 e. The Morgan fingerprint density at radius 2 is 2.04 bits per heavy atom. The number of thiazole rings is 1. The Labute approximate surface area is 163 Å². The van der Waals surface area contributed by atoms with Gasteiger partial charge >= 0.3 is 0 Å². The topological polar surface area (TPSA) is 68.3 Å². The van der Waals surface area contributed by atoms with E-state index in [-0.39, 0.29) is 30.3 Å². The van der Waals surface area contributed by atoms with E-state index in [0.717, 1.165) is 4.88 Å². The minimum absolute atomic E-state index is 0.0446. The summed E-state index contributed by atoms with van der Waals surface area (Å²) in [5, 5.41) is 4.82. The van der Waals surface area contributed by atoms with Crippen molar-refractivity contribution in [3.05, 3.63) is 51.3 Å². The van der Waals surface area contributed by atoms with Gasteiger partial charge in [-0.15, -0.1) is 22.7 Å². The van der Waals surface area contributed by atoms with Crippen LogP contribution in [0.25, 0.3) is 11.3 Å². The number of Topliss-reactive ketones (excluding diaryl/α,β-unsaturated/α-hetero) is 1. The third-order valence-corrected chi connectivity index (χ3v) is 5.59. The lowest BCUT2D eigenvalue weighted by Crippen LogP contribution is -2.13. The van der Waals surface area contributed by atoms with Gasteiger partial charge in [0.05, 0.1) is 17.7 Å². The van der Waals surface area contributed by atoms with Crippen molar-refractivity contribution in [2.75, 3.05) is 12.4 Å². The van der Waals surface area contributed by atoms with Crippen LogP contribution < -0.4 is 10.1 Å². The van der Waals surface area contributed by atoms with Gasteiger partial charge in [-0.1, -0.05) is 0 Å². The monoisotopic (exact) mass is 404 g/mol. The fourth-order valence-corrected chi connectivity index (χ4v) is 3.98. The highest BCUT2D eigenvalue weighted by Crippen LogP contribution is 2.28. The number of carbonyl (C=O) groups excluding carboxylic acids is 2. The average molecular weight is 404 g/mol. The first kappa shape index (κ1) is 19.2. The van der Waals surface area contributed by atoms with E-state index in [1.54, 1.807) is 17.5 Å². The van der Waals surface area contributed by atoms with E-state index < -0.39 is 5.82 Å². The normalized spacial score (nSPS) is 10.6. The van der Waals surface area contributed by atoms with Gasteiger partial charge in [-0.3, -0.25) is 9.59 Å². The Balaban J connectivity index is 1.58. The van der Waals surface area contributed by atoms with Crippen LogP contribution in [0.3, 0.4) is 0 Å². The van der Waals surface area contributed by atoms with E-state index in [1.807, 2.05) is 13.0 Å². The maximum Gasteiger partial charge on any atom is 0.226 e. The minimum atomic E-state index is -0.476. The van der Waals surface area contributed by atoms with E-state index in [0.29, 0.717) is 21.3 Å². The van der Waals surface area contributed by atoms with Crippen LogP contribution in [0.2, 0.25) is 0 Å². The number of rotatable bonds is 7. The molecule has 0 aliphatic rings. The number of anilines is 1. The number of thiophene rings is 1. The molecule has 3 aromatic rings. The third kappa shape index (κ3) is 4.78. The highest BCUT2D eigenvalue weighted by Gasteiger charge is 2.13. The highest BCUT2D eigenvalue weighted by atomic mass is 32.1. The molecule has 27 heavy (non-hydrogen) atoms. The molecule has 3 rings (SSSR count). The van der Waals surface area contributed by atoms with Crippen molar-refractivity contribution >= 4 is 39.5 Å². The second-order valence-corrected chi connectivity index (χ2v) is 7.91. The fraction of sp³-hybridized carbons (Fsp3) is 0.211. The molecule has 0 bridgehead atoms. The van der Waals surface area contributed by atoms with Crippen LogP contribution >= 0.6 is 22.7 Å². The summed E-state index contributed by atoms with van der Waals surface area (Å²) in [6.07, 6.45) is 0.232. The number of hydrogen-bond donors (Lipinski definition) is 1. The molecule has 0 atom stereocenters. The number of amides is 1. The van der Waals surface area contributed by atoms with Crippen molar-refractivity contribution in [2.45, 2.75) is 19.8 Å². The Morgan fingerprint density at radius 1 is 1.22 bits per heavy atom. The summed E-state index contributed by atoms with van der Waals surface area (Å²) in [7, 11) is 1.40. The second-order valence-electron chi connectivity index (χ2n) is 5.77. The van der Waals surface area contributed by atoms with Crippen LogP contribution in [0.5, 0.6) is 5.75 Å².